The average molecular weight is 288 g/mol. The molecule has 6 aliphatic rings. The first kappa shape index (κ1) is 13.4. The summed E-state index contributed by atoms with van der Waals surface area (Å²) in [7, 11) is 0. The van der Waals surface area contributed by atoms with Gasteiger partial charge in [-0.15, -0.1) is 0 Å². The highest BCUT2D eigenvalue weighted by Gasteiger charge is 2.78. The molecule has 0 heterocycles. The smallest absolute Gasteiger partial charge is 0.0487 e. The third-order valence-corrected chi connectivity index (χ3v) is 9.85. The number of hydrogen-bond donors (Lipinski definition) is 1. The zero-order valence-electron chi connectivity index (χ0n) is 14.1. The van der Waals surface area contributed by atoms with Crippen molar-refractivity contribution in [3.63, 3.8) is 0 Å². The van der Waals surface area contributed by atoms with Crippen molar-refractivity contribution in [2.24, 2.45) is 45.3 Å². The van der Waals surface area contributed by atoms with Gasteiger partial charge in [-0.25, -0.2) is 0 Å². The van der Waals surface area contributed by atoms with Crippen LogP contribution < -0.4 is 0 Å². The van der Waals surface area contributed by atoms with E-state index in [4.69, 9.17) is 0 Å². The van der Waals surface area contributed by atoms with Crippen molar-refractivity contribution >= 4 is 0 Å². The highest BCUT2D eigenvalue weighted by molar-refractivity contribution is 5.26. The average Bonchev–Trinajstić information content (AvgIpc) is 2.90. The van der Waals surface area contributed by atoms with Gasteiger partial charge in [0.2, 0.25) is 0 Å². The quantitative estimate of drug-likeness (QED) is 0.745. The molecule has 1 nitrogen and oxygen atoms in total. The molecule has 6 aliphatic carbocycles. The molecular formula is C20H32O. The maximum Gasteiger partial charge on any atom is 0.0487 e. The molecule has 6 saturated carbocycles. The van der Waals surface area contributed by atoms with E-state index in [2.05, 4.69) is 20.8 Å². The molecule has 0 aromatic carbocycles. The van der Waals surface area contributed by atoms with Gasteiger partial charge in [-0.3, -0.25) is 0 Å². The summed E-state index contributed by atoms with van der Waals surface area (Å²) in [6, 6.07) is 0. The van der Waals surface area contributed by atoms with Crippen molar-refractivity contribution in [2.45, 2.75) is 72.1 Å². The molecule has 6 rings (SSSR count). The Hall–Kier alpha value is -0.0400. The van der Waals surface area contributed by atoms with Crippen LogP contribution in [0.2, 0.25) is 0 Å². The van der Waals surface area contributed by atoms with E-state index >= 15 is 0 Å². The van der Waals surface area contributed by atoms with Gasteiger partial charge in [0.25, 0.3) is 0 Å². The zero-order chi connectivity index (χ0) is 14.7. The van der Waals surface area contributed by atoms with Crippen molar-refractivity contribution in [3.05, 3.63) is 0 Å². The summed E-state index contributed by atoms with van der Waals surface area (Å²) in [6.07, 6.45) is 11.6. The Morgan fingerprint density at radius 1 is 0.952 bits per heavy atom. The second-order valence-corrected chi connectivity index (χ2v) is 10.5. The lowest BCUT2D eigenvalue weighted by Gasteiger charge is -2.65. The minimum absolute atomic E-state index is 0.210. The highest BCUT2D eigenvalue weighted by Crippen LogP contribution is 2.85. The molecule has 21 heavy (non-hydrogen) atoms. The molecule has 1 N–H and O–H groups in total. The first-order valence-electron chi connectivity index (χ1n) is 9.49. The van der Waals surface area contributed by atoms with Crippen molar-refractivity contribution in [2.75, 3.05) is 6.61 Å². The normalized spacial score (nSPS) is 67.4. The number of hydrogen-bond acceptors (Lipinski definition) is 1. The summed E-state index contributed by atoms with van der Waals surface area (Å²) in [5, 5.41) is 10.1. The number of aliphatic hydroxyl groups is 1. The van der Waals surface area contributed by atoms with Crippen LogP contribution in [0.5, 0.6) is 0 Å². The van der Waals surface area contributed by atoms with E-state index in [0.29, 0.717) is 17.4 Å². The van der Waals surface area contributed by atoms with Crippen LogP contribution in [0.15, 0.2) is 0 Å². The Labute approximate surface area is 129 Å². The van der Waals surface area contributed by atoms with E-state index < -0.39 is 0 Å². The van der Waals surface area contributed by atoms with Crippen LogP contribution in [0, 0.1) is 45.3 Å². The maximum absolute atomic E-state index is 10.1. The minimum Gasteiger partial charge on any atom is -0.396 e. The molecule has 0 amide bonds. The van der Waals surface area contributed by atoms with Gasteiger partial charge in [-0.05, 0) is 90.3 Å². The summed E-state index contributed by atoms with van der Waals surface area (Å²) in [5.41, 5.74) is 2.21. The van der Waals surface area contributed by atoms with Crippen molar-refractivity contribution < 1.29 is 5.11 Å². The van der Waals surface area contributed by atoms with Crippen LogP contribution in [-0.4, -0.2) is 11.7 Å². The van der Waals surface area contributed by atoms with Crippen molar-refractivity contribution in [1.29, 1.82) is 0 Å². The molecule has 0 aromatic rings. The molecule has 8 unspecified atom stereocenters. The second-order valence-electron chi connectivity index (χ2n) is 10.5. The fraction of sp³-hybridized carbons (Fsp3) is 1.00. The molecule has 0 saturated heterocycles. The molecule has 118 valence electrons. The van der Waals surface area contributed by atoms with Crippen molar-refractivity contribution in [3.8, 4) is 0 Å². The first-order chi connectivity index (χ1) is 9.88. The van der Waals surface area contributed by atoms with E-state index in [1.807, 2.05) is 0 Å². The van der Waals surface area contributed by atoms with Gasteiger partial charge in [-0.2, -0.15) is 0 Å². The highest BCUT2D eigenvalue weighted by atomic mass is 16.3. The van der Waals surface area contributed by atoms with Crippen LogP contribution >= 0.6 is 0 Å². The lowest BCUT2D eigenvalue weighted by Crippen LogP contribution is -2.58. The van der Waals surface area contributed by atoms with E-state index in [1.165, 1.54) is 38.5 Å². The SMILES string of the molecule is CC1(CO)CCCC2(C)C1CCC13CC4C(CC12)C4(C)C3. The predicted molar refractivity (Wildman–Crippen MR) is 84.7 cm³/mol. The van der Waals surface area contributed by atoms with Crippen LogP contribution in [0.3, 0.4) is 0 Å². The maximum atomic E-state index is 10.1. The molecule has 8 atom stereocenters. The van der Waals surface area contributed by atoms with E-state index in [1.54, 1.807) is 12.8 Å². The Morgan fingerprint density at radius 3 is 2.43 bits per heavy atom. The largest absolute Gasteiger partial charge is 0.396 e. The standard InChI is InChI=1S/C20H32O/c1-17(12-21)6-4-7-18(2)15(17)5-8-20-10-14-13(9-16(18)20)19(14,3)11-20/h13-16,21H,4-12H2,1-3H3. The molecule has 0 aromatic heterocycles. The Morgan fingerprint density at radius 2 is 1.76 bits per heavy atom. The van der Waals surface area contributed by atoms with Crippen LogP contribution in [-0.2, 0) is 0 Å². The third-order valence-electron chi connectivity index (χ3n) is 9.85. The summed E-state index contributed by atoms with van der Waals surface area (Å²) in [6.45, 7) is 8.03. The second kappa shape index (κ2) is 3.55. The molecule has 1 heteroatoms. The van der Waals surface area contributed by atoms with E-state index in [0.717, 1.165) is 29.1 Å². The monoisotopic (exact) mass is 288 g/mol. The zero-order valence-corrected chi connectivity index (χ0v) is 14.1. The molecular weight excluding hydrogens is 256 g/mol. The van der Waals surface area contributed by atoms with Gasteiger partial charge >= 0.3 is 0 Å². The molecule has 1 spiro atoms. The molecule has 0 radical (unpaired) electrons. The van der Waals surface area contributed by atoms with E-state index in [-0.39, 0.29) is 5.41 Å². The molecule has 4 bridgehead atoms. The fourth-order valence-electron chi connectivity index (χ4n) is 8.94. The van der Waals surface area contributed by atoms with Gasteiger partial charge < -0.3 is 5.11 Å². The fourth-order valence-corrected chi connectivity index (χ4v) is 8.94. The van der Waals surface area contributed by atoms with Gasteiger partial charge in [0.05, 0.1) is 0 Å². The van der Waals surface area contributed by atoms with Crippen LogP contribution in [0.4, 0.5) is 0 Å². The topological polar surface area (TPSA) is 20.2 Å². The van der Waals surface area contributed by atoms with E-state index in [9.17, 15) is 5.11 Å². The number of rotatable bonds is 1. The molecule has 6 fully saturated rings. The van der Waals surface area contributed by atoms with Gasteiger partial charge in [0, 0.05) is 6.61 Å². The third kappa shape index (κ3) is 1.32. The van der Waals surface area contributed by atoms with Gasteiger partial charge in [0.1, 0.15) is 0 Å². The Balaban J connectivity index is 1.55. The Kier molecular flexibility index (Phi) is 2.27. The lowest BCUT2D eigenvalue weighted by atomic mass is 9.39. The summed E-state index contributed by atoms with van der Waals surface area (Å²) >= 11 is 0. The van der Waals surface area contributed by atoms with Crippen LogP contribution in [0.1, 0.15) is 72.1 Å². The van der Waals surface area contributed by atoms with Crippen LogP contribution in [0.25, 0.3) is 0 Å². The summed E-state index contributed by atoms with van der Waals surface area (Å²) in [5.74, 6) is 3.93. The lowest BCUT2D eigenvalue weighted by molar-refractivity contribution is -0.172. The predicted octanol–water partition coefficient (Wildman–Crippen LogP) is 4.64. The number of fused-ring (bicyclic) bond motifs is 1. The van der Waals surface area contributed by atoms with Gasteiger partial charge in [0.15, 0.2) is 0 Å². The summed E-state index contributed by atoms with van der Waals surface area (Å²) < 4.78 is 0. The number of aliphatic hydroxyl groups excluding tert-OH is 1. The Bertz CT molecular complexity index is 500. The van der Waals surface area contributed by atoms with Crippen molar-refractivity contribution in [1.82, 2.24) is 0 Å². The minimum atomic E-state index is 0.210. The van der Waals surface area contributed by atoms with Gasteiger partial charge in [-0.1, -0.05) is 27.2 Å². The summed E-state index contributed by atoms with van der Waals surface area (Å²) in [4.78, 5) is 0. The first-order valence-corrected chi connectivity index (χ1v) is 9.49. The molecule has 0 aliphatic heterocycles.